The molecule has 0 aliphatic carbocycles. The van der Waals surface area contributed by atoms with Crippen molar-refractivity contribution in [2.45, 2.75) is 38.5 Å². The summed E-state index contributed by atoms with van der Waals surface area (Å²) >= 11 is 0. The van der Waals surface area contributed by atoms with E-state index in [1.165, 1.54) is 0 Å². The quantitative estimate of drug-likeness (QED) is 0.397. The molecule has 0 radical (unpaired) electrons. The van der Waals surface area contributed by atoms with Crippen LogP contribution in [0.25, 0.3) is 10.8 Å². The van der Waals surface area contributed by atoms with Gasteiger partial charge in [0.2, 0.25) is 11.8 Å². The maximum Gasteiger partial charge on any atom is 0.253 e. The molecule has 0 spiro atoms. The average molecular weight is 412 g/mol. The lowest BCUT2D eigenvalue weighted by molar-refractivity contribution is -0.133. The molecule has 3 rings (SSSR count). The number of rotatable bonds is 8. The predicted octanol–water partition coefficient (Wildman–Crippen LogP) is 2.97. The number of benzene rings is 2. The van der Waals surface area contributed by atoms with Gasteiger partial charge in [-0.2, -0.15) is 0 Å². The van der Waals surface area contributed by atoms with Crippen LogP contribution in [-0.4, -0.2) is 58.9 Å². The van der Waals surface area contributed by atoms with E-state index in [0.717, 1.165) is 30.0 Å². The van der Waals surface area contributed by atoms with E-state index in [9.17, 15) is 14.4 Å². The number of carbonyl (C=O) groups excluding carboxylic acids is 3. The topological polar surface area (TPSA) is 90.0 Å². The second kappa shape index (κ2) is 10.7. The van der Waals surface area contributed by atoms with Crippen molar-refractivity contribution >= 4 is 28.5 Å². The molecular weight excluding hydrogens is 382 g/mol. The van der Waals surface area contributed by atoms with Gasteiger partial charge >= 0.3 is 0 Å². The Morgan fingerprint density at radius 1 is 0.800 bits per heavy atom. The molecule has 0 atom stereocenters. The number of nitrogens with zero attached hydrogens (tertiary/aromatic N) is 2. The van der Waals surface area contributed by atoms with Gasteiger partial charge in [0.25, 0.3) is 5.91 Å². The second-order valence-corrected chi connectivity index (χ2v) is 7.68. The molecule has 1 heterocycles. The number of piperazine rings is 1. The summed E-state index contributed by atoms with van der Waals surface area (Å²) in [6.45, 7) is 2.23. The van der Waals surface area contributed by atoms with Crippen molar-refractivity contribution in [2.24, 2.45) is 0 Å². The maximum atomic E-state index is 12.8. The lowest BCUT2D eigenvalue weighted by atomic mass is 10.1. The van der Waals surface area contributed by atoms with E-state index >= 15 is 0 Å². The molecule has 160 valence electrons. The molecule has 2 aromatic rings. The number of hydrogen-bond acceptors (Lipinski definition) is 4. The Kier molecular flexibility index (Phi) is 7.79. The van der Waals surface area contributed by atoms with Gasteiger partial charge in [-0.25, -0.2) is 5.48 Å². The Balaban J connectivity index is 1.40. The van der Waals surface area contributed by atoms with Gasteiger partial charge in [-0.15, -0.1) is 0 Å². The minimum absolute atomic E-state index is 0.0137. The molecule has 3 amide bonds. The standard InChI is InChI=1S/C23H29N3O4/c27-21(24-30)9-3-1-2-4-10-22(28)25-13-15-26(16-14-25)23(29)20-12-11-18-7-5-6-8-19(18)17-20/h5-8,11-12,17,30H,1-4,9-10,13-16H2,(H,24,27). The first kappa shape index (κ1) is 21.8. The molecule has 1 fully saturated rings. The van der Waals surface area contributed by atoms with E-state index in [1.54, 1.807) is 5.48 Å². The van der Waals surface area contributed by atoms with E-state index in [4.69, 9.17) is 5.21 Å². The van der Waals surface area contributed by atoms with Gasteiger partial charge in [-0.05, 0) is 35.7 Å². The normalized spacial score (nSPS) is 14.0. The Bertz CT molecular complexity index is 891. The fourth-order valence-electron chi connectivity index (χ4n) is 3.79. The zero-order valence-electron chi connectivity index (χ0n) is 17.2. The van der Waals surface area contributed by atoms with Gasteiger partial charge in [-0.3, -0.25) is 19.6 Å². The first-order valence-corrected chi connectivity index (χ1v) is 10.6. The highest BCUT2D eigenvalue weighted by Gasteiger charge is 2.24. The smallest absolute Gasteiger partial charge is 0.253 e. The Hall–Kier alpha value is -2.93. The molecule has 7 nitrogen and oxygen atoms in total. The summed E-state index contributed by atoms with van der Waals surface area (Å²) in [6.07, 6.45) is 4.02. The summed E-state index contributed by atoms with van der Waals surface area (Å²) in [5, 5.41) is 10.6. The van der Waals surface area contributed by atoms with E-state index in [-0.39, 0.29) is 17.7 Å². The summed E-state index contributed by atoms with van der Waals surface area (Å²) in [6, 6.07) is 13.7. The zero-order valence-corrected chi connectivity index (χ0v) is 17.2. The fraction of sp³-hybridized carbons (Fsp3) is 0.435. The number of hydroxylamine groups is 1. The van der Waals surface area contributed by atoms with E-state index in [1.807, 2.05) is 52.3 Å². The summed E-state index contributed by atoms with van der Waals surface area (Å²) in [5.41, 5.74) is 2.30. The lowest BCUT2D eigenvalue weighted by Crippen LogP contribution is -2.50. The summed E-state index contributed by atoms with van der Waals surface area (Å²) in [5.74, 6) is -0.233. The van der Waals surface area contributed by atoms with Crippen LogP contribution in [0.3, 0.4) is 0 Å². The summed E-state index contributed by atoms with van der Waals surface area (Å²) in [7, 11) is 0. The molecule has 0 unspecified atom stereocenters. The molecule has 2 N–H and O–H groups in total. The van der Waals surface area contributed by atoms with Gasteiger partial charge in [0, 0.05) is 44.6 Å². The predicted molar refractivity (Wildman–Crippen MR) is 114 cm³/mol. The van der Waals surface area contributed by atoms with Crippen molar-refractivity contribution in [1.82, 2.24) is 15.3 Å². The van der Waals surface area contributed by atoms with E-state index < -0.39 is 0 Å². The van der Waals surface area contributed by atoms with Gasteiger partial charge in [0.1, 0.15) is 0 Å². The SMILES string of the molecule is O=C(CCCCCCC(=O)N1CCN(C(=O)c2ccc3ccccc3c2)CC1)NO. The van der Waals surface area contributed by atoms with Crippen LogP contribution < -0.4 is 5.48 Å². The Morgan fingerprint density at radius 2 is 1.43 bits per heavy atom. The van der Waals surface area contributed by atoms with Crippen LogP contribution in [0.5, 0.6) is 0 Å². The third-order valence-corrected chi connectivity index (χ3v) is 5.59. The van der Waals surface area contributed by atoms with Crippen LogP contribution in [-0.2, 0) is 9.59 Å². The monoisotopic (exact) mass is 411 g/mol. The maximum absolute atomic E-state index is 12.8. The molecule has 0 saturated carbocycles. The number of nitrogens with one attached hydrogen (secondary N) is 1. The van der Waals surface area contributed by atoms with Crippen molar-refractivity contribution < 1.29 is 19.6 Å². The molecule has 2 aromatic carbocycles. The fourth-order valence-corrected chi connectivity index (χ4v) is 3.79. The molecule has 30 heavy (non-hydrogen) atoms. The largest absolute Gasteiger partial charge is 0.339 e. The highest BCUT2D eigenvalue weighted by atomic mass is 16.5. The molecule has 7 heteroatoms. The van der Waals surface area contributed by atoms with Gasteiger partial charge in [0.15, 0.2) is 0 Å². The van der Waals surface area contributed by atoms with Crippen molar-refractivity contribution in [1.29, 1.82) is 0 Å². The summed E-state index contributed by atoms with van der Waals surface area (Å²) < 4.78 is 0. The van der Waals surface area contributed by atoms with E-state index in [2.05, 4.69) is 0 Å². The first-order chi connectivity index (χ1) is 14.6. The molecule has 1 aliphatic heterocycles. The lowest BCUT2D eigenvalue weighted by Gasteiger charge is -2.35. The van der Waals surface area contributed by atoms with Crippen molar-refractivity contribution in [3.8, 4) is 0 Å². The summed E-state index contributed by atoms with van der Waals surface area (Å²) in [4.78, 5) is 39.8. The molecule has 1 saturated heterocycles. The van der Waals surface area contributed by atoms with Crippen LogP contribution in [0.15, 0.2) is 42.5 Å². The highest BCUT2D eigenvalue weighted by Crippen LogP contribution is 2.18. The number of hydrogen-bond donors (Lipinski definition) is 2. The molecule has 0 bridgehead atoms. The number of amides is 3. The first-order valence-electron chi connectivity index (χ1n) is 10.6. The minimum Gasteiger partial charge on any atom is -0.339 e. The van der Waals surface area contributed by atoms with Gasteiger partial charge < -0.3 is 9.80 Å². The van der Waals surface area contributed by atoms with Crippen LogP contribution in [0.2, 0.25) is 0 Å². The zero-order chi connectivity index (χ0) is 21.3. The third-order valence-electron chi connectivity index (χ3n) is 5.59. The van der Waals surface area contributed by atoms with Crippen LogP contribution in [0.1, 0.15) is 48.9 Å². The Morgan fingerprint density at radius 3 is 2.13 bits per heavy atom. The van der Waals surface area contributed by atoms with Gasteiger partial charge in [0.05, 0.1) is 0 Å². The highest BCUT2D eigenvalue weighted by molar-refractivity contribution is 5.98. The van der Waals surface area contributed by atoms with Gasteiger partial charge in [-0.1, -0.05) is 43.2 Å². The molecule has 0 aromatic heterocycles. The van der Waals surface area contributed by atoms with Crippen LogP contribution in [0.4, 0.5) is 0 Å². The van der Waals surface area contributed by atoms with Crippen molar-refractivity contribution in [3.63, 3.8) is 0 Å². The average Bonchev–Trinajstić information content (AvgIpc) is 2.80. The second-order valence-electron chi connectivity index (χ2n) is 7.68. The number of fused-ring (bicyclic) bond motifs is 1. The Labute approximate surface area is 176 Å². The number of carbonyl (C=O) groups is 3. The van der Waals surface area contributed by atoms with E-state index in [0.29, 0.717) is 51.0 Å². The molecule has 1 aliphatic rings. The van der Waals surface area contributed by atoms with Crippen molar-refractivity contribution in [3.05, 3.63) is 48.0 Å². The van der Waals surface area contributed by atoms with Crippen LogP contribution >= 0.6 is 0 Å². The third kappa shape index (κ3) is 5.79. The minimum atomic E-state index is -0.373. The number of unbranched alkanes of at least 4 members (excludes halogenated alkanes) is 3. The molecular formula is C23H29N3O4. The van der Waals surface area contributed by atoms with Crippen LogP contribution in [0, 0.1) is 0 Å². The van der Waals surface area contributed by atoms with Crippen molar-refractivity contribution in [2.75, 3.05) is 26.2 Å².